The molecule has 0 aromatic carbocycles. The van der Waals surface area contributed by atoms with Crippen LogP contribution in [0.25, 0.3) is 0 Å². The van der Waals surface area contributed by atoms with Gasteiger partial charge >= 0.3 is 0 Å². The minimum absolute atomic E-state index is 0.715. The summed E-state index contributed by atoms with van der Waals surface area (Å²) < 4.78 is 13.6. The average molecular weight is 200 g/mol. The number of nitrogens with zero attached hydrogens (tertiary/aromatic N) is 1. The number of hydrogen-bond acceptors (Lipinski definition) is 2. The van der Waals surface area contributed by atoms with Gasteiger partial charge in [0, 0.05) is 19.1 Å². The lowest BCUT2D eigenvalue weighted by molar-refractivity contribution is 0.0430. The van der Waals surface area contributed by atoms with E-state index < -0.39 is 5.67 Å². The van der Waals surface area contributed by atoms with E-state index in [1.807, 2.05) is 0 Å². The summed E-state index contributed by atoms with van der Waals surface area (Å²) in [6, 6.07) is 0.715. The highest BCUT2D eigenvalue weighted by molar-refractivity contribution is 4.86. The summed E-state index contributed by atoms with van der Waals surface area (Å²) in [6.07, 6.45) is 3.92. The van der Waals surface area contributed by atoms with Gasteiger partial charge < -0.3 is 10.2 Å². The third-order valence-corrected chi connectivity index (χ3v) is 3.67. The average Bonchev–Trinajstić information content (AvgIpc) is 2.19. The molecule has 0 aromatic heterocycles. The van der Waals surface area contributed by atoms with E-state index >= 15 is 0 Å². The predicted molar refractivity (Wildman–Crippen MR) is 56.2 cm³/mol. The minimum Gasteiger partial charge on any atom is -0.317 e. The fourth-order valence-electron chi connectivity index (χ4n) is 2.53. The summed E-state index contributed by atoms with van der Waals surface area (Å²) in [4.78, 5) is 2.49. The molecule has 0 atom stereocenters. The molecule has 2 heterocycles. The van der Waals surface area contributed by atoms with Crippen molar-refractivity contribution in [2.45, 2.75) is 44.3 Å². The molecular weight excluding hydrogens is 179 g/mol. The summed E-state index contributed by atoms with van der Waals surface area (Å²) in [5, 5.41) is 3.37. The molecule has 0 aromatic rings. The first-order valence-corrected chi connectivity index (χ1v) is 5.81. The quantitative estimate of drug-likeness (QED) is 0.691. The first-order valence-electron chi connectivity index (χ1n) is 5.81. The number of halogens is 1. The SMILES string of the molecule is CC1(F)CCN(C2CCNCC2)CC1. The third-order valence-electron chi connectivity index (χ3n) is 3.67. The van der Waals surface area contributed by atoms with Gasteiger partial charge in [-0.1, -0.05) is 0 Å². The van der Waals surface area contributed by atoms with Gasteiger partial charge in [-0.25, -0.2) is 4.39 Å². The molecule has 82 valence electrons. The zero-order chi connectivity index (χ0) is 10.0. The van der Waals surface area contributed by atoms with Crippen LogP contribution in [0.4, 0.5) is 4.39 Å². The van der Waals surface area contributed by atoms with Gasteiger partial charge in [0.05, 0.1) is 0 Å². The van der Waals surface area contributed by atoms with Crippen LogP contribution in [-0.4, -0.2) is 42.8 Å². The second-order valence-electron chi connectivity index (χ2n) is 4.93. The van der Waals surface area contributed by atoms with Crippen LogP contribution in [0.1, 0.15) is 32.6 Å². The van der Waals surface area contributed by atoms with Gasteiger partial charge in [-0.05, 0) is 45.7 Å². The first-order chi connectivity index (χ1) is 6.67. The Hall–Kier alpha value is -0.150. The third kappa shape index (κ3) is 2.45. The lowest BCUT2D eigenvalue weighted by Gasteiger charge is -2.40. The van der Waals surface area contributed by atoms with Crippen LogP contribution in [0, 0.1) is 0 Å². The predicted octanol–water partition coefficient (Wildman–Crippen LogP) is 1.56. The minimum atomic E-state index is -0.899. The van der Waals surface area contributed by atoms with Crippen LogP contribution in [-0.2, 0) is 0 Å². The van der Waals surface area contributed by atoms with E-state index in [9.17, 15) is 4.39 Å². The van der Waals surface area contributed by atoms with Gasteiger partial charge in [0.1, 0.15) is 5.67 Å². The zero-order valence-electron chi connectivity index (χ0n) is 9.06. The van der Waals surface area contributed by atoms with E-state index in [1.165, 1.54) is 12.8 Å². The molecule has 0 bridgehead atoms. The van der Waals surface area contributed by atoms with Gasteiger partial charge in [-0.15, -0.1) is 0 Å². The van der Waals surface area contributed by atoms with Crippen LogP contribution < -0.4 is 5.32 Å². The number of rotatable bonds is 1. The molecular formula is C11H21FN2. The van der Waals surface area contributed by atoms with E-state index in [0.29, 0.717) is 6.04 Å². The number of likely N-dealkylation sites (tertiary alicyclic amines) is 1. The van der Waals surface area contributed by atoms with Crippen molar-refractivity contribution in [1.82, 2.24) is 10.2 Å². The topological polar surface area (TPSA) is 15.3 Å². The maximum atomic E-state index is 13.6. The van der Waals surface area contributed by atoms with Crippen LogP contribution in [0.2, 0.25) is 0 Å². The summed E-state index contributed by atoms with van der Waals surface area (Å²) in [6.45, 7) is 5.92. The lowest BCUT2D eigenvalue weighted by atomic mass is 9.93. The second kappa shape index (κ2) is 4.15. The van der Waals surface area contributed by atoms with Gasteiger partial charge in [0.25, 0.3) is 0 Å². The molecule has 2 nitrogen and oxygen atoms in total. The van der Waals surface area contributed by atoms with Crippen molar-refractivity contribution in [2.24, 2.45) is 0 Å². The molecule has 0 amide bonds. The van der Waals surface area contributed by atoms with Gasteiger partial charge in [0.2, 0.25) is 0 Å². The molecule has 2 aliphatic heterocycles. The Morgan fingerprint density at radius 1 is 1.21 bits per heavy atom. The van der Waals surface area contributed by atoms with Gasteiger partial charge in [-0.2, -0.15) is 0 Å². The highest BCUT2D eigenvalue weighted by Gasteiger charge is 2.32. The Kier molecular flexibility index (Phi) is 3.07. The van der Waals surface area contributed by atoms with Crippen molar-refractivity contribution in [3.63, 3.8) is 0 Å². The van der Waals surface area contributed by atoms with Crippen molar-refractivity contribution in [3.8, 4) is 0 Å². The second-order valence-corrected chi connectivity index (χ2v) is 4.93. The molecule has 0 spiro atoms. The molecule has 14 heavy (non-hydrogen) atoms. The largest absolute Gasteiger partial charge is 0.317 e. The van der Waals surface area contributed by atoms with E-state index in [0.717, 1.165) is 39.0 Å². The van der Waals surface area contributed by atoms with Crippen LogP contribution >= 0.6 is 0 Å². The van der Waals surface area contributed by atoms with Crippen molar-refractivity contribution in [2.75, 3.05) is 26.2 Å². The molecule has 2 saturated heterocycles. The maximum Gasteiger partial charge on any atom is 0.110 e. The van der Waals surface area contributed by atoms with E-state index in [-0.39, 0.29) is 0 Å². The van der Waals surface area contributed by atoms with Crippen molar-refractivity contribution < 1.29 is 4.39 Å². The van der Waals surface area contributed by atoms with Gasteiger partial charge in [0.15, 0.2) is 0 Å². The highest BCUT2D eigenvalue weighted by Crippen LogP contribution is 2.28. The van der Waals surface area contributed by atoms with Crippen LogP contribution in [0.15, 0.2) is 0 Å². The fourth-order valence-corrected chi connectivity index (χ4v) is 2.53. The zero-order valence-corrected chi connectivity index (χ0v) is 9.06. The van der Waals surface area contributed by atoms with Gasteiger partial charge in [-0.3, -0.25) is 0 Å². The van der Waals surface area contributed by atoms with Crippen LogP contribution in [0.3, 0.4) is 0 Å². The summed E-state index contributed by atoms with van der Waals surface area (Å²) >= 11 is 0. The Morgan fingerprint density at radius 2 is 1.79 bits per heavy atom. The summed E-state index contributed by atoms with van der Waals surface area (Å²) in [5.41, 5.74) is -0.899. The van der Waals surface area contributed by atoms with Crippen molar-refractivity contribution in [3.05, 3.63) is 0 Å². The molecule has 0 unspecified atom stereocenters. The Bertz CT molecular complexity index is 178. The molecule has 2 aliphatic rings. The molecule has 0 radical (unpaired) electrons. The standard InChI is InChI=1S/C11H21FN2/c1-11(12)4-8-14(9-5-11)10-2-6-13-7-3-10/h10,13H,2-9H2,1H3. The summed E-state index contributed by atoms with van der Waals surface area (Å²) in [5.74, 6) is 0. The molecule has 0 aliphatic carbocycles. The van der Waals surface area contributed by atoms with E-state index in [4.69, 9.17) is 0 Å². The number of alkyl halides is 1. The number of hydrogen-bond donors (Lipinski definition) is 1. The Morgan fingerprint density at radius 3 is 2.36 bits per heavy atom. The molecule has 0 saturated carbocycles. The fraction of sp³-hybridized carbons (Fsp3) is 1.00. The van der Waals surface area contributed by atoms with E-state index in [1.54, 1.807) is 6.92 Å². The smallest absolute Gasteiger partial charge is 0.110 e. The Labute approximate surface area is 85.9 Å². The highest BCUT2D eigenvalue weighted by atomic mass is 19.1. The van der Waals surface area contributed by atoms with E-state index in [2.05, 4.69) is 10.2 Å². The monoisotopic (exact) mass is 200 g/mol. The molecule has 2 rings (SSSR count). The Balaban J connectivity index is 1.82. The molecule has 1 N–H and O–H groups in total. The maximum absolute atomic E-state index is 13.6. The molecule has 2 fully saturated rings. The van der Waals surface area contributed by atoms with Crippen molar-refractivity contribution >= 4 is 0 Å². The lowest BCUT2D eigenvalue weighted by Crippen LogP contribution is -2.49. The summed E-state index contributed by atoms with van der Waals surface area (Å²) in [7, 11) is 0. The number of nitrogens with one attached hydrogen (secondary N) is 1. The normalized spacial score (nSPS) is 30.4. The first kappa shape index (κ1) is 10.4. The number of piperidine rings is 2. The van der Waals surface area contributed by atoms with Crippen molar-refractivity contribution in [1.29, 1.82) is 0 Å². The van der Waals surface area contributed by atoms with Crippen LogP contribution in [0.5, 0.6) is 0 Å². The molecule has 3 heteroatoms.